The van der Waals surface area contributed by atoms with Gasteiger partial charge in [0.15, 0.2) is 0 Å². The maximum Gasteiger partial charge on any atom is 0.274 e. The predicted molar refractivity (Wildman–Crippen MR) is 61.5 cm³/mol. The third-order valence-electron chi connectivity index (χ3n) is 3.51. The van der Waals surface area contributed by atoms with Gasteiger partial charge in [-0.25, -0.2) is 9.86 Å². The Morgan fingerprint density at radius 3 is 2.00 bits per heavy atom. The van der Waals surface area contributed by atoms with Crippen molar-refractivity contribution in [2.45, 2.75) is 46.5 Å². The molecule has 0 atom stereocenters. The minimum atomic E-state index is -3.54. The van der Waals surface area contributed by atoms with Crippen LogP contribution in [0, 0.1) is 10.8 Å². The molecule has 0 spiro atoms. The molecular weight excluding hydrogens is 212 g/mol. The highest BCUT2D eigenvalue weighted by Gasteiger charge is 2.35. The topological polar surface area (TPSA) is 72.2 Å². The van der Waals surface area contributed by atoms with Gasteiger partial charge >= 0.3 is 0 Å². The van der Waals surface area contributed by atoms with E-state index >= 15 is 0 Å². The van der Waals surface area contributed by atoms with Gasteiger partial charge in [-0.2, -0.15) is 8.42 Å². The Kier molecular flexibility index (Phi) is 3.48. The van der Waals surface area contributed by atoms with Crippen LogP contribution in [-0.2, 0) is 10.2 Å². The summed E-state index contributed by atoms with van der Waals surface area (Å²) in [6.07, 6.45) is 4.41. The Morgan fingerprint density at radius 2 is 1.60 bits per heavy atom. The van der Waals surface area contributed by atoms with Crippen molar-refractivity contribution in [1.29, 1.82) is 0 Å². The molecule has 0 radical (unpaired) electrons. The SMILES string of the molecule is CC1(C)CCC(C)(CNS(N)(=O)=O)CC1. The summed E-state index contributed by atoms with van der Waals surface area (Å²) < 4.78 is 24.0. The Hall–Kier alpha value is -0.130. The van der Waals surface area contributed by atoms with Crippen LogP contribution in [0.3, 0.4) is 0 Å². The largest absolute Gasteiger partial charge is 0.274 e. The lowest BCUT2D eigenvalue weighted by Gasteiger charge is -2.41. The summed E-state index contributed by atoms with van der Waals surface area (Å²) in [6, 6.07) is 0. The molecule has 0 aromatic carbocycles. The van der Waals surface area contributed by atoms with Gasteiger partial charge in [0.1, 0.15) is 0 Å². The van der Waals surface area contributed by atoms with Crippen LogP contribution in [0.25, 0.3) is 0 Å². The first-order chi connectivity index (χ1) is 6.62. The maximum absolute atomic E-state index is 10.8. The zero-order valence-corrected chi connectivity index (χ0v) is 10.7. The smallest absolute Gasteiger partial charge is 0.216 e. The van der Waals surface area contributed by atoms with E-state index in [1.54, 1.807) is 0 Å². The molecule has 90 valence electrons. The molecule has 3 N–H and O–H groups in total. The molecule has 1 saturated carbocycles. The molecule has 0 bridgehead atoms. The van der Waals surface area contributed by atoms with Crippen LogP contribution in [0.4, 0.5) is 0 Å². The first-order valence-corrected chi connectivity index (χ1v) is 6.94. The van der Waals surface area contributed by atoms with Crippen molar-refractivity contribution in [3.8, 4) is 0 Å². The number of nitrogens with one attached hydrogen (secondary N) is 1. The van der Waals surface area contributed by atoms with E-state index in [0.717, 1.165) is 25.7 Å². The van der Waals surface area contributed by atoms with Gasteiger partial charge in [0.2, 0.25) is 0 Å². The molecular formula is C10H22N2O2S. The van der Waals surface area contributed by atoms with Crippen LogP contribution in [0.5, 0.6) is 0 Å². The summed E-state index contributed by atoms with van der Waals surface area (Å²) in [6.45, 7) is 7.11. The second-order valence-corrected chi connectivity index (χ2v) is 7.22. The Balaban J connectivity index is 2.49. The van der Waals surface area contributed by atoms with Crippen LogP contribution < -0.4 is 9.86 Å². The molecule has 0 saturated heterocycles. The fourth-order valence-electron chi connectivity index (χ4n) is 1.98. The Morgan fingerprint density at radius 1 is 1.13 bits per heavy atom. The van der Waals surface area contributed by atoms with Crippen molar-refractivity contribution >= 4 is 10.2 Å². The first-order valence-electron chi connectivity index (χ1n) is 5.39. The zero-order chi connectivity index (χ0) is 11.7. The van der Waals surface area contributed by atoms with Gasteiger partial charge in [-0.15, -0.1) is 0 Å². The van der Waals surface area contributed by atoms with Gasteiger partial charge in [-0.1, -0.05) is 20.8 Å². The number of rotatable bonds is 3. The number of hydrogen-bond donors (Lipinski definition) is 2. The van der Waals surface area contributed by atoms with Crippen molar-refractivity contribution in [2.24, 2.45) is 16.0 Å². The highest BCUT2D eigenvalue weighted by molar-refractivity contribution is 7.87. The summed E-state index contributed by atoms with van der Waals surface area (Å²) in [5.74, 6) is 0. The van der Waals surface area contributed by atoms with Crippen LogP contribution in [0.1, 0.15) is 46.5 Å². The molecule has 5 heteroatoms. The molecule has 1 aliphatic rings. The lowest BCUT2D eigenvalue weighted by molar-refractivity contribution is 0.121. The molecule has 0 unspecified atom stereocenters. The highest BCUT2D eigenvalue weighted by Crippen LogP contribution is 2.44. The molecule has 1 aliphatic carbocycles. The van der Waals surface area contributed by atoms with Gasteiger partial charge in [0, 0.05) is 6.54 Å². The lowest BCUT2D eigenvalue weighted by Crippen LogP contribution is -2.42. The van der Waals surface area contributed by atoms with E-state index in [9.17, 15) is 8.42 Å². The third kappa shape index (κ3) is 4.49. The number of nitrogens with two attached hydrogens (primary N) is 1. The van der Waals surface area contributed by atoms with Gasteiger partial charge in [-0.3, -0.25) is 0 Å². The summed E-state index contributed by atoms with van der Waals surface area (Å²) in [7, 11) is -3.54. The predicted octanol–water partition coefficient (Wildman–Crippen LogP) is 1.39. The Labute approximate surface area is 92.8 Å². The molecule has 15 heavy (non-hydrogen) atoms. The minimum absolute atomic E-state index is 0.0714. The van der Waals surface area contributed by atoms with Crippen LogP contribution in [0.2, 0.25) is 0 Å². The minimum Gasteiger partial charge on any atom is -0.216 e. The molecule has 0 aliphatic heterocycles. The first kappa shape index (κ1) is 12.9. The monoisotopic (exact) mass is 234 g/mol. The molecule has 4 nitrogen and oxygen atoms in total. The summed E-state index contributed by atoms with van der Waals surface area (Å²) >= 11 is 0. The normalized spacial score (nSPS) is 25.1. The zero-order valence-electron chi connectivity index (χ0n) is 9.84. The van der Waals surface area contributed by atoms with E-state index < -0.39 is 10.2 Å². The lowest BCUT2D eigenvalue weighted by atomic mass is 9.66. The quantitative estimate of drug-likeness (QED) is 0.774. The number of hydrogen-bond acceptors (Lipinski definition) is 2. The molecule has 1 fully saturated rings. The summed E-state index contributed by atoms with van der Waals surface area (Å²) in [5.41, 5.74) is 0.475. The second-order valence-electron chi connectivity index (χ2n) is 5.84. The molecule has 0 heterocycles. The van der Waals surface area contributed by atoms with Crippen molar-refractivity contribution in [3.05, 3.63) is 0 Å². The van der Waals surface area contributed by atoms with Gasteiger partial charge < -0.3 is 0 Å². The van der Waals surface area contributed by atoms with E-state index in [-0.39, 0.29) is 5.41 Å². The standard InChI is InChI=1S/C10H22N2O2S/c1-9(2)4-6-10(3,7-5-9)8-12-15(11,13)14/h12H,4-8H2,1-3H3,(H2,11,13,14). The van der Waals surface area contributed by atoms with Crippen molar-refractivity contribution in [3.63, 3.8) is 0 Å². The van der Waals surface area contributed by atoms with Gasteiger partial charge in [0.05, 0.1) is 0 Å². The van der Waals surface area contributed by atoms with E-state index in [0.29, 0.717) is 12.0 Å². The Bertz CT molecular complexity index is 312. The van der Waals surface area contributed by atoms with E-state index in [1.807, 2.05) is 0 Å². The average molecular weight is 234 g/mol. The summed E-state index contributed by atoms with van der Waals surface area (Å²) in [4.78, 5) is 0. The third-order valence-corrected chi connectivity index (χ3v) is 4.06. The van der Waals surface area contributed by atoms with Crippen LogP contribution in [0.15, 0.2) is 0 Å². The molecule has 0 amide bonds. The molecule has 1 rings (SSSR count). The van der Waals surface area contributed by atoms with Crippen LogP contribution >= 0.6 is 0 Å². The van der Waals surface area contributed by atoms with Crippen molar-refractivity contribution in [1.82, 2.24) is 4.72 Å². The fourth-order valence-corrected chi connectivity index (χ4v) is 2.53. The average Bonchev–Trinajstić information content (AvgIpc) is 2.07. The van der Waals surface area contributed by atoms with E-state index in [1.165, 1.54) is 0 Å². The molecule has 0 aromatic rings. The second kappa shape index (κ2) is 4.03. The van der Waals surface area contributed by atoms with Gasteiger partial charge in [0.25, 0.3) is 10.2 Å². The summed E-state index contributed by atoms with van der Waals surface area (Å²) in [5, 5.41) is 4.93. The highest BCUT2D eigenvalue weighted by atomic mass is 32.2. The van der Waals surface area contributed by atoms with Crippen molar-refractivity contribution < 1.29 is 8.42 Å². The van der Waals surface area contributed by atoms with E-state index in [2.05, 4.69) is 25.5 Å². The fraction of sp³-hybridized carbons (Fsp3) is 1.00. The van der Waals surface area contributed by atoms with E-state index in [4.69, 9.17) is 5.14 Å². The van der Waals surface area contributed by atoms with Gasteiger partial charge in [-0.05, 0) is 36.5 Å². The maximum atomic E-state index is 10.8. The van der Waals surface area contributed by atoms with Crippen molar-refractivity contribution in [2.75, 3.05) is 6.54 Å². The molecule has 0 aromatic heterocycles. The van der Waals surface area contributed by atoms with Crippen LogP contribution in [-0.4, -0.2) is 15.0 Å².